The summed E-state index contributed by atoms with van der Waals surface area (Å²) in [5.74, 6) is -2.22. The first-order chi connectivity index (χ1) is 11.3. The van der Waals surface area contributed by atoms with E-state index in [0.29, 0.717) is 0 Å². The van der Waals surface area contributed by atoms with Gasteiger partial charge >= 0.3 is 6.05 Å². The average molecular weight is 381 g/mol. The maximum absolute atomic E-state index is 14.4. The van der Waals surface area contributed by atoms with Crippen molar-refractivity contribution in [3.8, 4) is 0 Å². The molecule has 0 bridgehead atoms. The van der Waals surface area contributed by atoms with E-state index in [2.05, 4.69) is 0 Å². The second-order valence-corrected chi connectivity index (χ2v) is 6.66. The minimum atomic E-state index is -3.39. The summed E-state index contributed by atoms with van der Waals surface area (Å²) in [4.78, 5) is 12.5. The topological polar surface area (TPSA) is 32.3 Å². The Morgan fingerprint density at radius 3 is 2.44 bits per heavy atom. The highest BCUT2D eigenvalue weighted by Gasteiger charge is 2.51. The summed E-state index contributed by atoms with van der Waals surface area (Å²) in [7, 11) is 0. The predicted molar refractivity (Wildman–Crippen MR) is 87.9 cm³/mol. The normalized spacial score (nSPS) is 29.6. The maximum atomic E-state index is 14.4. The third kappa shape index (κ3) is 4.44. The van der Waals surface area contributed by atoms with Crippen molar-refractivity contribution in [2.75, 3.05) is 6.54 Å². The molecule has 0 spiro atoms. The van der Waals surface area contributed by atoms with E-state index in [4.69, 9.17) is 0 Å². The van der Waals surface area contributed by atoms with Crippen molar-refractivity contribution >= 4 is 18.3 Å². The van der Waals surface area contributed by atoms with Gasteiger partial charge in [0.1, 0.15) is 5.82 Å². The summed E-state index contributed by atoms with van der Waals surface area (Å²) in [5, 5.41) is 1.62. The van der Waals surface area contributed by atoms with E-state index in [1.165, 1.54) is 12.1 Å². The third-order valence-corrected chi connectivity index (χ3v) is 4.91. The molecule has 1 saturated heterocycles. The first-order valence-electron chi connectivity index (χ1n) is 8.10. The van der Waals surface area contributed by atoms with Crippen LogP contribution in [0, 0.1) is 11.7 Å². The molecule has 1 amide bonds. The molecular weight excluding hydrogens is 360 g/mol. The van der Waals surface area contributed by atoms with E-state index in [1.807, 2.05) is 0 Å². The molecular formula is C17H21ClF4N2O. The molecule has 25 heavy (non-hydrogen) atoms. The number of carbonyl (C=O) groups excluding carboxylic acids is 1. The van der Waals surface area contributed by atoms with Crippen LogP contribution in [0.25, 0.3) is 0 Å². The number of amides is 1. The van der Waals surface area contributed by atoms with Crippen LogP contribution in [0.1, 0.15) is 37.7 Å². The Bertz CT molecular complexity index is 613. The molecule has 1 saturated carbocycles. The zero-order chi connectivity index (χ0) is 17.5. The fourth-order valence-corrected chi connectivity index (χ4v) is 3.59. The van der Waals surface area contributed by atoms with Crippen LogP contribution in [0.3, 0.4) is 0 Å². The summed E-state index contributed by atoms with van der Waals surface area (Å²) >= 11 is 0. The highest BCUT2D eigenvalue weighted by Crippen LogP contribution is 2.48. The Kier molecular flexibility index (Phi) is 5.99. The maximum Gasteiger partial charge on any atom is 0.328 e. The van der Waals surface area contributed by atoms with Gasteiger partial charge in [-0.1, -0.05) is 12.1 Å². The summed E-state index contributed by atoms with van der Waals surface area (Å²) in [5.41, 5.74) is 0.944. The van der Waals surface area contributed by atoms with E-state index >= 15 is 0 Å². The molecule has 0 aromatic heterocycles. The van der Waals surface area contributed by atoms with Crippen molar-refractivity contribution in [3.05, 3.63) is 35.6 Å². The third-order valence-electron chi connectivity index (χ3n) is 4.91. The van der Waals surface area contributed by atoms with Crippen LogP contribution in [0.2, 0.25) is 0 Å². The van der Waals surface area contributed by atoms with Gasteiger partial charge in [0.2, 0.25) is 5.91 Å². The molecule has 4 unspecified atom stereocenters. The zero-order valence-corrected chi connectivity index (χ0v) is 14.5. The number of hydrogen-bond acceptors (Lipinski definition) is 2. The Morgan fingerprint density at radius 1 is 1.24 bits per heavy atom. The van der Waals surface area contributed by atoms with Gasteiger partial charge in [-0.05, 0) is 30.5 Å². The Balaban J connectivity index is 0.00000225. The van der Waals surface area contributed by atoms with Gasteiger partial charge in [-0.25, -0.2) is 8.78 Å². The molecule has 2 fully saturated rings. The number of halogens is 5. The molecule has 3 nitrogen and oxygen atoms in total. The number of piperidine rings is 1. The van der Waals surface area contributed by atoms with Gasteiger partial charge in [-0.2, -0.15) is 8.78 Å². The monoisotopic (exact) mass is 380 g/mol. The van der Waals surface area contributed by atoms with Crippen LogP contribution in [0.5, 0.6) is 0 Å². The van der Waals surface area contributed by atoms with Crippen LogP contribution in [0.15, 0.2) is 24.3 Å². The number of likely N-dealkylation sites (tertiary alicyclic amines) is 1. The summed E-state index contributed by atoms with van der Waals surface area (Å²) in [6.45, 7) is 1.25. The molecule has 1 aliphatic heterocycles. The number of hydrogen-bond donors (Lipinski definition) is 1. The lowest BCUT2D eigenvalue weighted by Gasteiger charge is -2.38. The van der Waals surface area contributed by atoms with Crippen LogP contribution in [0.4, 0.5) is 17.6 Å². The first kappa shape index (κ1) is 20.0. The molecule has 1 aromatic rings. The van der Waals surface area contributed by atoms with Gasteiger partial charge in [0.15, 0.2) is 6.30 Å². The molecule has 1 aromatic carbocycles. The first-order valence-corrected chi connectivity index (χ1v) is 8.10. The Hall–Kier alpha value is -1.34. The molecule has 4 atom stereocenters. The van der Waals surface area contributed by atoms with Crippen molar-refractivity contribution in [1.29, 1.82) is 0 Å². The molecule has 1 heterocycles. The standard InChI is InChI=1S/C17H20F4N2O.ClH/c1-10(24)22-17(20,21)12-6-7-23(16(19)8-12)15-9-14(15)11-2-4-13(18)5-3-11;/h2-5,12,14-16H,6-9H2,1H3,(H,22,24);1H. The van der Waals surface area contributed by atoms with E-state index in [0.717, 1.165) is 18.9 Å². The number of carbonyl (C=O) groups is 1. The highest BCUT2D eigenvalue weighted by atomic mass is 35.5. The van der Waals surface area contributed by atoms with Gasteiger partial charge in [-0.15, -0.1) is 12.4 Å². The van der Waals surface area contributed by atoms with Crippen molar-refractivity contribution < 1.29 is 22.4 Å². The average Bonchev–Trinajstić information content (AvgIpc) is 3.27. The number of rotatable bonds is 4. The van der Waals surface area contributed by atoms with Crippen molar-refractivity contribution in [1.82, 2.24) is 10.2 Å². The minimum absolute atomic E-state index is 0. The van der Waals surface area contributed by atoms with Crippen molar-refractivity contribution in [2.45, 2.75) is 50.5 Å². The lowest BCUT2D eigenvalue weighted by Crippen LogP contribution is -2.52. The highest BCUT2D eigenvalue weighted by molar-refractivity contribution is 5.85. The minimum Gasteiger partial charge on any atom is -0.297 e. The number of alkyl halides is 3. The van der Waals surface area contributed by atoms with Gasteiger partial charge in [-0.3, -0.25) is 15.0 Å². The zero-order valence-electron chi connectivity index (χ0n) is 13.7. The quantitative estimate of drug-likeness (QED) is 0.636. The summed E-state index contributed by atoms with van der Waals surface area (Å²) in [6, 6.07) is 2.70. The largest absolute Gasteiger partial charge is 0.328 e. The Labute approximate surface area is 150 Å². The SMILES string of the molecule is CC(=O)NC(F)(F)C1CCN(C2CC2c2ccc(F)cc2)C(F)C1.Cl. The predicted octanol–water partition coefficient (Wildman–Crippen LogP) is 3.84. The molecule has 0 radical (unpaired) electrons. The van der Waals surface area contributed by atoms with E-state index in [9.17, 15) is 22.4 Å². The van der Waals surface area contributed by atoms with Gasteiger partial charge in [0, 0.05) is 37.8 Å². The molecule has 1 aliphatic carbocycles. The molecule has 140 valence electrons. The van der Waals surface area contributed by atoms with E-state index in [-0.39, 0.29) is 49.6 Å². The van der Waals surface area contributed by atoms with Crippen LogP contribution in [-0.2, 0) is 4.79 Å². The van der Waals surface area contributed by atoms with E-state index < -0.39 is 24.2 Å². The van der Waals surface area contributed by atoms with Crippen molar-refractivity contribution in [2.24, 2.45) is 5.92 Å². The number of benzene rings is 1. The number of nitrogens with zero attached hydrogens (tertiary/aromatic N) is 1. The van der Waals surface area contributed by atoms with Gasteiger partial charge in [0.05, 0.1) is 0 Å². The van der Waals surface area contributed by atoms with Gasteiger partial charge < -0.3 is 0 Å². The van der Waals surface area contributed by atoms with Crippen LogP contribution >= 0.6 is 12.4 Å². The Morgan fingerprint density at radius 2 is 1.88 bits per heavy atom. The van der Waals surface area contributed by atoms with Gasteiger partial charge in [0.25, 0.3) is 0 Å². The van der Waals surface area contributed by atoms with Crippen LogP contribution in [-0.4, -0.2) is 35.7 Å². The second-order valence-electron chi connectivity index (χ2n) is 6.66. The fourth-order valence-electron chi connectivity index (χ4n) is 3.59. The lowest BCUT2D eigenvalue weighted by molar-refractivity contribution is -0.150. The lowest BCUT2D eigenvalue weighted by atomic mass is 9.93. The molecule has 1 N–H and O–H groups in total. The smallest absolute Gasteiger partial charge is 0.297 e. The van der Waals surface area contributed by atoms with Crippen molar-refractivity contribution in [3.63, 3.8) is 0 Å². The summed E-state index contributed by atoms with van der Waals surface area (Å²) < 4.78 is 55.2. The molecule has 8 heteroatoms. The van der Waals surface area contributed by atoms with Crippen LogP contribution < -0.4 is 5.32 Å². The molecule has 2 aliphatic rings. The fraction of sp³-hybridized carbons (Fsp3) is 0.588. The number of nitrogens with one attached hydrogen (secondary N) is 1. The van der Waals surface area contributed by atoms with E-state index in [1.54, 1.807) is 22.3 Å². The second kappa shape index (κ2) is 7.50. The molecule has 3 rings (SSSR count). The summed E-state index contributed by atoms with van der Waals surface area (Å²) in [6.07, 6.45) is -0.891.